The van der Waals surface area contributed by atoms with Crippen molar-refractivity contribution in [2.24, 2.45) is 5.92 Å². The lowest BCUT2D eigenvalue weighted by atomic mass is 10.3. The van der Waals surface area contributed by atoms with Crippen molar-refractivity contribution in [2.75, 3.05) is 19.8 Å². The van der Waals surface area contributed by atoms with Gasteiger partial charge in [0.15, 0.2) is 0 Å². The Labute approximate surface area is 138 Å². The predicted molar refractivity (Wildman–Crippen MR) is 90.7 cm³/mol. The molecule has 1 amide bonds. The third-order valence-electron chi connectivity index (χ3n) is 3.54. The van der Waals surface area contributed by atoms with Crippen LogP contribution < -0.4 is 5.32 Å². The van der Waals surface area contributed by atoms with Crippen LogP contribution in [0.1, 0.15) is 34.6 Å². The molecule has 1 aliphatic carbocycles. The molecular formula is C16H20N2O2S2. The third kappa shape index (κ3) is 4.15. The first-order valence-electron chi connectivity index (χ1n) is 7.61. The van der Waals surface area contributed by atoms with Crippen LogP contribution in [0.5, 0.6) is 0 Å². The van der Waals surface area contributed by atoms with E-state index in [2.05, 4.69) is 10.3 Å². The van der Waals surface area contributed by atoms with Crippen LogP contribution in [0, 0.1) is 12.8 Å². The number of hydrogen-bond acceptors (Lipinski definition) is 5. The van der Waals surface area contributed by atoms with Crippen molar-refractivity contribution in [1.82, 2.24) is 10.3 Å². The molecule has 0 unspecified atom stereocenters. The number of aryl methyl sites for hydroxylation is 1. The number of nitrogens with zero attached hydrogens (tertiary/aromatic N) is 1. The number of aromatic nitrogens is 1. The summed E-state index contributed by atoms with van der Waals surface area (Å²) in [4.78, 5) is 18.5. The molecule has 1 N–H and O–H groups in total. The molecule has 0 aromatic carbocycles. The van der Waals surface area contributed by atoms with Crippen molar-refractivity contribution >= 4 is 28.6 Å². The molecule has 0 atom stereocenters. The van der Waals surface area contributed by atoms with Gasteiger partial charge >= 0.3 is 0 Å². The lowest BCUT2D eigenvalue weighted by molar-refractivity contribution is 0.0940. The second-order valence-corrected chi connectivity index (χ2v) is 7.49. The largest absolute Gasteiger partial charge is 0.381 e. The quantitative estimate of drug-likeness (QED) is 0.747. The molecule has 0 saturated heterocycles. The van der Waals surface area contributed by atoms with Crippen LogP contribution in [0.2, 0.25) is 0 Å². The van der Waals surface area contributed by atoms with Gasteiger partial charge in [-0.1, -0.05) is 6.07 Å². The van der Waals surface area contributed by atoms with E-state index < -0.39 is 0 Å². The molecule has 2 heterocycles. The zero-order chi connectivity index (χ0) is 15.4. The van der Waals surface area contributed by atoms with Crippen LogP contribution in [0.4, 0.5) is 0 Å². The van der Waals surface area contributed by atoms with Crippen LogP contribution in [0.15, 0.2) is 17.5 Å². The summed E-state index contributed by atoms with van der Waals surface area (Å²) < 4.78 is 5.56. The number of thiazole rings is 1. The topological polar surface area (TPSA) is 51.2 Å². The monoisotopic (exact) mass is 336 g/mol. The van der Waals surface area contributed by atoms with Gasteiger partial charge in [0.05, 0.1) is 10.6 Å². The number of nitrogens with one attached hydrogen (secondary N) is 1. The molecule has 1 fully saturated rings. The van der Waals surface area contributed by atoms with Crippen molar-refractivity contribution in [3.63, 3.8) is 0 Å². The number of hydrogen-bond donors (Lipinski definition) is 1. The summed E-state index contributed by atoms with van der Waals surface area (Å²) in [5.41, 5.74) is 0.802. The van der Waals surface area contributed by atoms with Crippen molar-refractivity contribution < 1.29 is 9.53 Å². The molecule has 0 spiro atoms. The van der Waals surface area contributed by atoms with Gasteiger partial charge in [0.25, 0.3) is 5.91 Å². The van der Waals surface area contributed by atoms with E-state index in [1.807, 2.05) is 24.4 Å². The summed E-state index contributed by atoms with van der Waals surface area (Å²) in [6.07, 6.45) is 3.48. The molecule has 2 aromatic rings. The summed E-state index contributed by atoms with van der Waals surface area (Å²) in [6.45, 7) is 4.14. The maximum absolute atomic E-state index is 12.2. The van der Waals surface area contributed by atoms with Gasteiger partial charge in [-0.2, -0.15) is 0 Å². The lowest BCUT2D eigenvalue weighted by Crippen LogP contribution is -2.25. The predicted octanol–water partition coefficient (Wildman–Crippen LogP) is 3.73. The van der Waals surface area contributed by atoms with E-state index in [1.54, 1.807) is 11.3 Å². The van der Waals surface area contributed by atoms with Gasteiger partial charge in [-0.3, -0.25) is 4.79 Å². The Balaban J connectivity index is 1.45. The van der Waals surface area contributed by atoms with Crippen LogP contribution in [0.3, 0.4) is 0 Å². The smallest absolute Gasteiger partial charge is 0.263 e. The van der Waals surface area contributed by atoms with Crippen molar-refractivity contribution in [1.29, 1.82) is 0 Å². The van der Waals surface area contributed by atoms with Gasteiger partial charge in [0, 0.05) is 19.8 Å². The standard InChI is InChI=1S/C16H20N2O2S2/c1-11-14(22-16(18-11)13-4-2-9-21-13)15(19)17-7-3-8-20-10-12-5-6-12/h2,4,9,12H,3,5-8,10H2,1H3,(H,17,19). The molecule has 6 heteroatoms. The fraction of sp³-hybridized carbons (Fsp3) is 0.500. The van der Waals surface area contributed by atoms with Crippen LogP contribution >= 0.6 is 22.7 Å². The van der Waals surface area contributed by atoms with Gasteiger partial charge in [-0.15, -0.1) is 22.7 Å². The SMILES string of the molecule is Cc1nc(-c2cccs2)sc1C(=O)NCCCOCC1CC1. The molecule has 3 rings (SSSR count). The first kappa shape index (κ1) is 15.6. The minimum absolute atomic E-state index is 0.0278. The first-order valence-corrected chi connectivity index (χ1v) is 9.31. The highest BCUT2D eigenvalue weighted by Crippen LogP contribution is 2.31. The molecule has 1 aliphatic rings. The van der Waals surface area contributed by atoms with E-state index in [9.17, 15) is 4.79 Å². The Kier molecular flexibility index (Phi) is 5.23. The number of thiophene rings is 1. The number of rotatable bonds is 8. The maximum Gasteiger partial charge on any atom is 0.263 e. The van der Waals surface area contributed by atoms with E-state index in [0.717, 1.165) is 41.1 Å². The molecule has 22 heavy (non-hydrogen) atoms. The van der Waals surface area contributed by atoms with Gasteiger partial charge in [-0.05, 0) is 43.6 Å². The van der Waals surface area contributed by atoms with Gasteiger partial charge in [-0.25, -0.2) is 4.98 Å². The molecule has 2 aromatic heterocycles. The number of ether oxygens (including phenoxy) is 1. The number of carbonyl (C=O) groups is 1. The van der Waals surface area contributed by atoms with E-state index >= 15 is 0 Å². The normalized spacial score (nSPS) is 14.2. The second kappa shape index (κ2) is 7.35. The van der Waals surface area contributed by atoms with E-state index in [0.29, 0.717) is 11.4 Å². The van der Waals surface area contributed by atoms with Crippen molar-refractivity contribution in [3.05, 3.63) is 28.1 Å². The van der Waals surface area contributed by atoms with Gasteiger partial charge in [0.2, 0.25) is 0 Å². The molecule has 0 radical (unpaired) electrons. The minimum Gasteiger partial charge on any atom is -0.381 e. The summed E-state index contributed by atoms with van der Waals surface area (Å²) in [7, 11) is 0. The van der Waals surface area contributed by atoms with Gasteiger partial charge in [0.1, 0.15) is 9.88 Å². The zero-order valence-electron chi connectivity index (χ0n) is 12.6. The summed E-state index contributed by atoms with van der Waals surface area (Å²) in [5, 5.41) is 5.90. The highest BCUT2D eigenvalue weighted by molar-refractivity contribution is 7.22. The maximum atomic E-state index is 12.2. The molecule has 1 saturated carbocycles. The first-order chi connectivity index (χ1) is 10.7. The third-order valence-corrected chi connectivity index (χ3v) is 5.73. The zero-order valence-corrected chi connectivity index (χ0v) is 14.3. The van der Waals surface area contributed by atoms with Crippen LogP contribution in [-0.4, -0.2) is 30.6 Å². The lowest BCUT2D eigenvalue weighted by Gasteiger charge is -2.05. The highest BCUT2D eigenvalue weighted by atomic mass is 32.1. The van der Waals surface area contributed by atoms with Crippen molar-refractivity contribution in [2.45, 2.75) is 26.2 Å². The Morgan fingerprint density at radius 2 is 2.36 bits per heavy atom. The fourth-order valence-corrected chi connectivity index (χ4v) is 3.88. The minimum atomic E-state index is -0.0278. The fourth-order valence-electron chi connectivity index (χ4n) is 2.10. The number of amides is 1. The highest BCUT2D eigenvalue weighted by Gasteiger charge is 2.21. The summed E-state index contributed by atoms with van der Waals surface area (Å²) in [5.74, 6) is 0.769. The van der Waals surface area contributed by atoms with E-state index in [-0.39, 0.29) is 5.91 Å². The Morgan fingerprint density at radius 3 is 3.09 bits per heavy atom. The average Bonchev–Trinajstić information content (AvgIpc) is 3.01. The van der Waals surface area contributed by atoms with E-state index in [1.165, 1.54) is 24.2 Å². The Morgan fingerprint density at radius 1 is 1.50 bits per heavy atom. The Hall–Kier alpha value is -1.24. The molecule has 0 bridgehead atoms. The molecule has 4 nitrogen and oxygen atoms in total. The number of carbonyl (C=O) groups excluding carboxylic acids is 1. The van der Waals surface area contributed by atoms with Crippen LogP contribution in [0.25, 0.3) is 9.88 Å². The molecular weight excluding hydrogens is 316 g/mol. The second-order valence-electron chi connectivity index (χ2n) is 5.54. The van der Waals surface area contributed by atoms with Crippen LogP contribution in [-0.2, 0) is 4.74 Å². The van der Waals surface area contributed by atoms with Gasteiger partial charge < -0.3 is 10.1 Å². The van der Waals surface area contributed by atoms with Crippen molar-refractivity contribution in [3.8, 4) is 9.88 Å². The average molecular weight is 336 g/mol. The Bertz CT molecular complexity index is 618. The molecule has 0 aliphatic heterocycles. The molecule has 118 valence electrons. The summed E-state index contributed by atoms with van der Waals surface area (Å²) >= 11 is 3.11. The summed E-state index contributed by atoms with van der Waals surface area (Å²) in [6, 6.07) is 4.03. The van der Waals surface area contributed by atoms with E-state index in [4.69, 9.17) is 4.74 Å².